The van der Waals surface area contributed by atoms with E-state index in [0.717, 1.165) is 25.6 Å². The summed E-state index contributed by atoms with van der Waals surface area (Å²) in [5, 5.41) is 3.79. The standard InChI is InChI=1S/C18H29BrN2/c1-5-14(3)17-12-21(18(4,6-2)13-20-17)11-15-9-7-8-10-16(15)19/h7-10,14,17,20H,5-6,11-13H2,1-4H3. The van der Waals surface area contributed by atoms with Crippen molar-refractivity contribution in [2.45, 2.75) is 58.7 Å². The van der Waals surface area contributed by atoms with Crippen LogP contribution in [0.4, 0.5) is 0 Å². The van der Waals surface area contributed by atoms with E-state index in [1.807, 2.05) is 0 Å². The van der Waals surface area contributed by atoms with Crippen molar-refractivity contribution in [1.82, 2.24) is 10.2 Å². The molecule has 1 aromatic carbocycles. The monoisotopic (exact) mass is 352 g/mol. The van der Waals surface area contributed by atoms with Crippen molar-refractivity contribution in [1.29, 1.82) is 0 Å². The molecule has 0 radical (unpaired) electrons. The van der Waals surface area contributed by atoms with Crippen LogP contribution in [0.1, 0.15) is 46.1 Å². The fourth-order valence-corrected chi connectivity index (χ4v) is 3.50. The van der Waals surface area contributed by atoms with Crippen LogP contribution in [-0.2, 0) is 6.54 Å². The zero-order chi connectivity index (χ0) is 15.5. The molecule has 0 amide bonds. The lowest BCUT2D eigenvalue weighted by Gasteiger charge is -2.49. The summed E-state index contributed by atoms with van der Waals surface area (Å²) in [5.74, 6) is 0.730. The normalized spacial score (nSPS) is 28.5. The first-order chi connectivity index (χ1) is 10.00. The second kappa shape index (κ2) is 7.26. The van der Waals surface area contributed by atoms with Crippen LogP contribution in [0, 0.1) is 5.92 Å². The maximum atomic E-state index is 3.79. The number of nitrogens with one attached hydrogen (secondary N) is 1. The van der Waals surface area contributed by atoms with Gasteiger partial charge < -0.3 is 5.32 Å². The van der Waals surface area contributed by atoms with Crippen molar-refractivity contribution < 1.29 is 0 Å². The molecule has 0 aromatic heterocycles. The molecule has 118 valence electrons. The van der Waals surface area contributed by atoms with Gasteiger partial charge in [-0.3, -0.25) is 4.90 Å². The van der Waals surface area contributed by atoms with Gasteiger partial charge in [0.05, 0.1) is 0 Å². The topological polar surface area (TPSA) is 15.3 Å². The summed E-state index contributed by atoms with van der Waals surface area (Å²) in [5.41, 5.74) is 1.64. The number of hydrogen-bond donors (Lipinski definition) is 1. The lowest BCUT2D eigenvalue weighted by atomic mass is 9.87. The van der Waals surface area contributed by atoms with E-state index in [2.05, 4.69) is 78.1 Å². The molecule has 1 fully saturated rings. The molecule has 3 heteroatoms. The van der Waals surface area contributed by atoms with Crippen molar-refractivity contribution >= 4 is 15.9 Å². The van der Waals surface area contributed by atoms with Crippen LogP contribution in [0.5, 0.6) is 0 Å². The number of piperazine rings is 1. The third-order valence-electron chi connectivity index (χ3n) is 5.34. The molecule has 1 aromatic rings. The zero-order valence-electron chi connectivity index (χ0n) is 13.8. The molecule has 0 bridgehead atoms. The zero-order valence-corrected chi connectivity index (χ0v) is 15.4. The van der Waals surface area contributed by atoms with E-state index in [1.165, 1.54) is 22.9 Å². The van der Waals surface area contributed by atoms with Crippen molar-refractivity contribution in [3.05, 3.63) is 34.3 Å². The van der Waals surface area contributed by atoms with Crippen LogP contribution in [0.25, 0.3) is 0 Å². The third-order valence-corrected chi connectivity index (χ3v) is 6.11. The Morgan fingerprint density at radius 3 is 2.71 bits per heavy atom. The Bertz CT molecular complexity index is 462. The van der Waals surface area contributed by atoms with E-state index in [9.17, 15) is 0 Å². The van der Waals surface area contributed by atoms with Gasteiger partial charge in [-0.1, -0.05) is 61.3 Å². The Kier molecular flexibility index (Phi) is 5.87. The number of halogens is 1. The van der Waals surface area contributed by atoms with Gasteiger partial charge in [0, 0.05) is 35.7 Å². The highest BCUT2D eigenvalue weighted by molar-refractivity contribution is 9.10. The van der Waals surface area contributed by atoms with Gasteiger partial charge in [-0.25, -0.2) is 0 Å². The Balaban J connectivity index is 2.17. The SMILES string of the molecule is CCC(C)C1CN(Cc2ccccc2Br)C(C)(CC)CN1. The summed E-state index contributed by atoms with van der Waals surface area (Å²) in [6.45, 7) is 12.6. The number of nitrogens with zero attached hydrogens (tertiary/aromatic N) is 1. The molecule has 21 heavy (non-hydrogen) atoms. The van der Waals surface area contributed by atoms with Gasteiger partial charge in [0.1, 0.15) is 0 Å². The maximum absolute atomic E-state index is 3.79. The maximum Gasteiger partial charge on any atom is 0.0307 e. The van der Waals surface area contributed by atoms with Crippen molar-refractivity contribution in [2.75, 3.05) is 13.1 Å². The van der Waals surface area contributed by atoms with Gasteiger partial charge in [0.25, 0.3) is 0 Å². The number of benzene rings is 1. The molecule has 1 N–H and O–H groups in total. The van der Waals surface area contributed by atoms with E-state index >= 15 is 0 Å². The van der Waals surface area contributed by atoms with E-state index in [1.54, 1.807) is 0 Å². The summed E-state index contributed by atoms with van der Waals surface area (Å²) in [4.78, 5) is 2.68. The van der Waals surface area contributed by atoms with Crippen LogP contribution in [0.3, 0.4) is 0 Å². The van der Waals surface area contributed by atoms with Gasteiger partial charge in [-0.2, -0.15) is 0 Å². The summed E-state index contributed by atoms with van der Waals surface area (Å²) in [6, 6.07) is 9.22. The van der Waals surface area contributed by atoms with Gasteiger partial charge in [0.2, 0.25) is 0 Å². The van der Waals surface area contributed by atoms with E-state index in [4.69, 9.17) is 0 Å². The number of hydrogen-bond acceptors (Lipinski definition) is 2. The molecule has 3 unspecified atom stereocenters. The predicted octanol–water partition coefficient (Wildman–Crippen LogP) is 4.44. The van der Waals surface area contributed by atoms with Crippen LogP contribution in [-0.4, -0.2) is 29.6 Å². The Morgan fingerprint density at radius 2 is 2.10 bits per heavy atom. The van der Waals surface area contributed by atoms with Crippen LogP contribution in [0.15, 0.2) is 28.7 Å². The minimum absolute atomic E-state index is 0.249. The lowest BCUT2D eigenvalue weighted by molar-refractivity contribution is 0.0292. The van der Waals surface area contributed by atoms with Crippen LogP contribution in [0.2, 0.25) is 0 Å². The molecule has 0 aliphatic carbocycles. The highest BCUT2D eigenvalue weighted by Gasteiger charge is 2.37. The van der Waals surface area contributed by atoms with Crippen LogP contribution < -0.4 is 5.32 Å². The molecule has 1 heterocycles. The largest absolute Gasteiger partial charge is 0.311 e. The van der Waals surface area contributed by atoms with Crippen molar-refractivity contribution in [3.8, 4) is 0 Å². The molecule has 3 atom stereocenters. The van der Waals surface area contributed by atoms with Gasteiger partial charge in [-0.15, -0.1) is 0 Å². The Labute approximate surface area is 138 Å². The minimum Gasteiger partial charge on any atom is -0.311 e. The van der Waals surface area contributed by atoms with Gasteiger partial charge in [0.15, 0.2) is 0 Å². The molecule has 1 aliphatic heterocycles. The van der Waals surface area contributed by atoms with E-state index in [-0.39, 0.29) is 5.54 Å². The first kappa shape index (κ1) is 17.0. The predicted molar refractivity (Wildman–Crippen MR) is 94.5 cm³/mol. The third kappa shape index (κ3) is 3.88. The average molecular weight is 353 g/mol. The van der Waals surface area contributed by atoms with E-state index < -0.39 is 0 Å². The summed E-state index contributed by atoms with van der Waals surface area (Å²) >= 11 is 3.70. The molecule has 2 rings (SSSR count). The summed E-state index contributed by atoms with van der Waals surface area (Å²) in [6.07, 6.45) is 2.42. The molecular formula is C18H29BrN2. The molecular weight excluding hydrogens is 324 g/mol. The molecule has 0 spiro atoms. The van der Waals surface area contributed by atoms with E-state index in [0.29, 0.717) is 6.04 Å². The lowest BCUT2D eigenvalue weighted by Crippen LogP contribution is -2.63. The average Bonchev–Trinajstić information content (AvgIpc) is 2.50. The first-order valence-electron chi connectivity index (χ1n) is 8.22. The highest BCUT2D eigenvalue weighted by atomic mass is 79.9. The Hall–Kier alpha value is -0.380. The molecule has 0 saturated carbocycles. The fourth-order valence-electron chi connectivity index (χ4n) is 3.09. The molecule has 1 aliphatic rings. The smallest absolute Gasteiger partial charge is 0.0307 e. The van der Waals surface area contributed by atoms with Crippen LogP contribution >= 0.6 is 15.9 Å². The highest BCUT2D eigenvalue weighted by Crippen LogP contribution is 2.29. The minimum atomic E-state index is 0.249. The van der Waals surface area contributed by atoms with Crippen molar-refractivity contribution in [3.63, 3.8) is 0 Å². The fraction of sp³-hybridized carbons (Fsp3) is 0.667. The Morgan fingerprint density at radius 1 is 1.38 bits per heavy atom. The van der Waals surface area contributed by atoms with Gasteiger partial charge >= 0.3 is 0 Å². The quantitative estimate of drug-likeness (QED) is 0.842. The van der Waals surface area contributed by atoms with Gasteiger partial charge in [-0.05, 0) is 30.9 Å². The van der Waals surface area contributed by atoms with Crippen molar-refractivity contribution in [2.24, 2.45) is 5.92 Å². The number of rotatable bonds is 5. The molecule has 1 saturated heterocycles. The molecule has 2 nitrogen and oxygen atoms in total. The summed E-state index contributed by atoms with van der Waals surface area (Å²) in [7, 11) is 0. The second-order valence-electron chi connectivity index (χ2n) is 6.70. The first-order valence-corrected chi connectivity index (χ1v) is 9.01. The summed E-state index contributed by atoms with van der Waals surface area (Å²) < 4.78 is 1.22. The second-order valence-corrected chi connectivity index (χ2v) is 7.55.